The number of ether oxygens (including phenoxy) is 1. The predicted molar refractivity (Wildman–Crippen MR) is 74.9 cm³/mol. The van der Waals surface area contributed by atoms with Gasteiger partial charge in [-0.05, 0) is 42.6 Å². The second-order valence-corrected chi connectivity index (χ2v) is 4.86. The highest BCUT2D eigenvalue weighted by Gasteiger charge is 2.14. The summed E-state index contributed by atoms with van der Waals surface area (Å²) < 4.78 is 5.38. The maximum atomic E-state index is 12.0. The third-order valence-electron chi connectivity index (χ3n) is 2.24. The monoisotopic (exact) mass is 281 g/mol. The average Bonchev–Trinajstić information content (AvgIpc) is 2.81. The molecule has 0 radical (unpaired) electrons. The van der Waals surface area contributed by atoms with Gasteiger partial charge in [-0.2, -0.15) is 0 Å². The van der Waals surface area contributed by atoms with Gasteiger partial charge in [-0.25, -0.2) is 0 Å². The number of hydrogen-bond acceptors (Lipinski definition) is 3. The molecule has 2 rings (SSSR count). The Morgan fingerprint density at radius 3 is 2.72 bits per heavy atom. The largest absolute Gasteiger partial charge is 0.492 e. The molecule has 3 nitrogen and oxygen atoms in total. The molecule has 1 aromatic carbocycles. The predicted octanol–water partition coefficient (Wildman–Crippen LogP) is 4.05. The van der Waals surface area contributed by atoms with Crippen molar-refractivity contribution in [3.05, 3.63) is 45.6 Å². The summed E-state index contributed by atoms with van der Waals surface area (Å²) in [7, 11) is 0. The van der Waals surface area contributed by atoms with Gasteiger partial charge in [-0.3, -0.25) is 4.79 Å². The van der Waals surface area contributed by atoms with Crippen molar-refractivity contribution in [2.45, 2.75) is 6.92 Å². The first-order valence-corrected chi connectivity index (χ1v) is 6.73. The minimum atomic E-state index is -0.171. The lowest BCUT2D eigenvalue weighted by molar-refractivity contribution is 0.102. The maximum absolute atomic E-state index is 12.0. The number of anilines is 1. The summed E-state index contributed by atoms with van der Waals surface area (Å²) in [6.45, 7) is 2.43. The highest BCUT2D eigenvalue weighted by Crippen LogP contribution is 2.26. The maximum Gasteiger partial charge on any atom is 0.269 e. The minimum absolute atomic E-state index is 0.171. The van der Waals surface area contributed by atoms with Crippen LogP contribution in [0.15, 0.2) is 35.7 Å². The Labute approximate surface area is 114 Å². The van der Waals surface area contributed by atoms with Crippen LogP contribution in [-0.4, -0.2) is 12.5 Å². The van der Waals surface area contributed by atoms with E-state index in [1.807, 2.05) is 12.3 Å². The van der Waals surface area contributed by atoms with E-state index in [4.69, 9.17) is 16.3 Å². The molecule has 0 unspecified atom stereocenters. The van der Waals surface area contributed by atoms with Gasteiger partial charge in [0.1, 0.15) is 10.6 Å². The summed E-state index contributed by atoms with van der Waals surface area (Å²) >= 11 is 7.14. The molecule has 18 heavy (non-hydrogen) atoms. The van der Waals surface area contributed by atoms with E-state index in [2.05, 4.69) is 5.32 Å². The zero-order valence-electron chi connectivity index (χ0n) is 9.77. The van der Waals surface area contributed by atoms with E-state index in [0.29, 0.717) is 27.9 Å². The summed E-state index contributed by atoms with van der Waals surface area (Å²) in [5.74, 6) is 0.449. The van der Waals surface area contributed by atoms with Crippen molar-refractivity contribution in [3.63, 3.8) is 0 Å². The molecule has 5 heteroatoms. The fraction of sp³-hybridized carbons (Fsp3) is 0.154. The van der Waals surface area contributed by atoms with Crippen molar-refractivity contribution in [3.8, 4) is 5.75 Å². The third kappa shape index (κ3) is 3.03. The number of carbonyl (C=O) groups is 1. The van der Waals surface area contributed by atoms with Crippen molar-refractivity contribution < 1.29 is 9.53 Å². The number of halogens is 1. The molecular weight excluding hydrogens is 270 g/mol. The molecule has 0 aliphatic rings. The smallest absolute Gasteiger partial charge is 0.269 e. The topological polar surface area (TPSA) is 38.3 Å². The summed E-state index contributed by atoms with van der Waals surface area (Å²) in [6.07, 6.45) is 0. The van der Waals surface area contributed by atoms with Crippen LogP contribution >= 0.6 is 22.9 Å². The van der Waals surface area contributed by atoms with Crippen LogP contribution < -0.4 is 10.1 Å². The Morgan fingerprint density at radius 1 is 1.33 bits per heavy atom. The second kappa shape index (κ2) is 5.89. The zero-order valence-corrected chi connectivity index (χ0v) is 11.3. The molecule has 0 atom stereocenters. The van der Waals surface area contributed by atoms with Crippen LogP contribution in [0.5, 0.6) is 5.75 Å². The Hall–Kier alpha value is -1.52. The van der Waals surface area contributed by atoms with Crippen LogP contribution in [0.1, 0.15) is 16.6 Å². The van der Waals surface area contributed by atoms with Gasteiger partial charge in [0.05, 0.1) is 6.61 Å². The molecule has 0 aliphatic carbocycles. The molecule has 0 fully saturated rings. The first-order valence-electron chi connectivity index (χ1n) is 5.48. The number of thiophene rings is 1. The van der Waals surface area contributed by atoms with Gasteiger partial charge in [0.15, 0.2) is 0 Å². The molecule has 0 saturated carbocycles. The van der Waals surface area contributed by atoms with Crippen molar-refractivity contribution >= 4 is 34.5 Å². The molecule has 0 saturated heterocycles. The lowest BCUT2D eigenvalue weighted by Gasteiger charge is -2.06. The number of nitrogens with one attached hydrogen (secondary N) is 1. The highest BCUT2D eigenvalue weighted by molar-refractivity contribution is 7.12. The van der Waals surface area contributed by atoms with Gasteiger partial charge in [0, 0.05) is 10.7 Å². The zero-order chi connectivity index (χ0) is 13.0. The molecule has 94 valence electrons. The van der Waals surface area contributed by atoms with E-state index < -0.39 is 0 Å². The third-order valence-corrected chi connectivity index (χ3v) is 3.38. The normalized spacial score (nSPS) is 10.1. The van der Waals surface area contributed by atoms with E-state index in [9.17, 15) is 4.79 Å². The van der Waals surface area contributed by atoms with Gasteiger partial charge in [-0.1, -0.05) is 11.6 Å². The van der Waals surface area contributed by atoms with Crippen LogP contribution in [0.25, 0.3) is 0 Å². The molecule has 0 spiro atoms. The van der Waals surface area contributed by atoms with E-state index in [1.165, 1.54) is 11.3 Å². The van der Waals surface area contributed by atoms with E-state index in [-0.39, 0.29) is 5.91 Å². The van der Waals surface area contributed by atoms with Crippen LogP contribution in [0, 0.1) is 0 Å². The molecule has 0 bridgehead atoms. The molecule has 1 N–H and O–H groups in total. The van der Waals surface area contributed by atoms with Gasteiger partial charge >= 0.3 is 0 Å². The highest BCUT2D eigenvalue weighted by atomic mass is 35.5. The molecule has 2 aromatic rings. The van der Waals surface area contributed by atoms with Crippen molar-refractivity contribution in [2.75, 3.05) is 11.9 Å². The molecule has 1 aromatic heterocycles. The number of benzene rings is 1. The lowest BCUT2D eigenvalue weighted by atomic mass is 10.3. The van der Waals surface area contributed by atoms with Crippen LogP contribution in [0.3, 0.4) is 0 Å². The van der Waals surface area contributed by atoms with Crippen molar-refractivity contribution in [2.24, 2.45) is 0 Å². The summed E-state index contributed by atoms with van der Waals surface area (Å²) in [4.78, 5) is 12.6. The van der Waals surface area contributed by atoms with Gasteiger partial charge < -0.3 is 10.1 Å². The lowest BCUT2D eigenvalue weighted by Crippen LogP contribution is -2.11. The summed E-state index contributed by atoms with van der Waals surface area (Å²) in [5.41, 5.74) is 0.709. The van der Waals surface area contributed by atoms with Gasteiger partial charge in [0.25, 0.3) is 5.91 Å². The second-order valence-electron chi connectivity index (χ2n) is 3.51. The van der Waals surface area contributed by atoms with Crippen LogP contribution in [0.2, 0.25) is 5.02 Å². The molecule has 0 aliphatic heterocycles. The SMILES string of the molecule is CCOc1ccsc1C(=O)Nc1ccc(Cl)cc1. The average molecular weight is 282 g/mol. The Balaban J connectivity index is 2.11. The number of hydrogen-bond donors (Lipinski definition) is 1. The van der Waals surface area contributed by atoms with E-state index >= 15 is 0 Å². The Bertz CT molecular complexity index is 536. The number of carbonyl (C=O) groups excluding carboxylic acids is 1. The first kappa shape index (κ1) is 12.9. The molecular formula is C13H12ClNO2S. The minimum Gasteiger partial charge on any atom is -0.492 e. The fourth-order valence-electron chi connectivity index (χ4n) is 1.45. The first-order chi connectivity index (χ1) is 8.70. The Morgan fingerprint density at radius 2 is 2.06 bits per heavy atom. The number of amides is 1. The van der Waals surface area contributed by atoms with Gasteiger partial charge in [0.2, 0.25) is 0 Å². The number of rotatable bonds is 4. The standard InChI is InChI=1S/C13H12ClNO2S/c1-2-17-11-7-8-18-12(11)13(16)15-10-5-3-9(14)4-6-10/h3-8H,2H2,1H3,(H,15,16). The van der Waals surface area contributed by atoms with Crippen molar-refractivity contribution in [1.82, 2.24) is 0 Å². The summed E-state index contributed by atoms with van der Waals surface area (Å²) in [5, 5.41) is 5.28. The van der Waals surface area contributed by atoms with Gasteiger partial charge in [-0.15, -0.1) is 11.3 Å². The summed E-state index contributed by atoms with van der Waals surface area (Å²) in [6, 6.07) is 8.78. The van der Waals surface area contributed by atoms with E-state index in [1.54, 1.807) is 30.3 Å². The molecule has 1 amide bonds. The van der Waals surface area contributed by atoms with Crippen molar-refractivity contribution in [1.29, 1.82) is 0 Å². The Kier molecular flexibility index (Phi) is 4.23. The van der Waals surface area contributed by atoms with Crippen LogP contribution in [-0.2, 0) is 0 Å². The quantitative estimate of drug-likeness (QED) is 0.918. The van der Waals surface area contributed by atoms with E-state index in [0.717, 1.165) is 0 Å². The fourth-order valence-corrected chi connectivity index (χ4v) is 2.31. The van der Waals surface area contributed by atoms with Crippen LogP contribution in [0.4, 0.5) is 5.69 Å². The molecule has 1 heterocycles.